The van der Waals surface area contributed by atoms with Crippen LogP contribution in [0, 0.1) is 16.0 Å². The molecular weight excluding hydrogens is 232 g/mol. The largest absolute Gasteiger partial charge is 0.385 e. The molecule has 98 valence electrons. The van der Waals surface area contributed by atoms with Crippen molar-refractivity contribution < 1.29 is 9.66 Å². The third kappa shape index (κ3) is 2.98. The summed E-state index contributed by atoms with van der Waals surface area (Å²) in [5, 5.41) is 13.8. The fourth-order valence-electron chi connectivity index (χ4n) is 2.33. The van der Waals surface area contributed by atoms with Gasteiger partial charge in [-0.3, -0.25) is 10.1 Å². The fraction of sp³-hybridized carbons (Fsp3) is 0.538. The summed E-state index contributed by atoms with van der Waals surface area (Å²) >= 11 is 0. The van der Waals surface area contributed by atoms with Crippen LogP contribution in [0.1, 0.15) is 19.8 Å². The first kappa shape index (κ1) is 12.8. The molecule has 0 amide bonds. The second kappa shape index (κ2) is 5.82. The molecular formula is C13H18N2O3. The number of nitrogens with zero attached hydrogens (tertiary/aromatic N) is 1. The van der Waals surface area contributed by atoms with E-state index in [-0.39, 0.29) is 10.6 Å². The van der Waals surface area contributed by atoms with Crippen molar-refractivity contribution in [3.8, 4) is 0 Å². The summed E-state index contributed by atoms with van der Waals surface area (Å²) in [6, 6.07) is 6.53. The van der Waals surface area contributed by atoms with Gasteiger partial charge in [-0.05, 0) is 25.0 Å². The van der Waals surface area contributed by atoms with E-state index in [0.29, 0.717) is 12.0 Å². The molecule has 1 heterocycles. The lowest BCUT2D eigenvalue weighted by molar-refractivity contribution is -0.384. The molecule has 0 bridgehead atoms. The molecule has 1 aromatic carbocycles. The standard InChI is InChI=1S/C13H18N2O3/c1-2-13-10(7-8-18-13)9-14-11-3-5-12(6-4-11)15(16)17/h3-6,10,13-14H,2,7-9H2,1H3. The molecule has 1 aliphatic rings. The van der Waals surface area contributed by atoms with Gasteiger partial charge in [-0.1, -0.05) is 6.92 Å². The SMILES string of the molecule is CCC1OCCC1CNc1ccc([N+](=O)[O-])cc1. The van der Waals surface area contributed by atoms with Crippen LogP contribution in [0.2, 0.25) is 0 Å². The van der Waals surface area contributed by atoms with Crippen molar-refractivity contribution >= 4 is 11.4 Å². The summed E-state index contributed by atoms with van der Waals surface area (Å²) in [4.78, 5) is 10.1. The Labute approximate surface area is 106 Å². The summed E-state index contributed by atoms with van der Waals surface area (Å²) in [7, 11) is 0. The summed E-state index contributed by atoms with van der Waals surface area (Å²) in [5.74, 6) is 0.533. The number of hydrogen-bond acceptors (Lipinski definition) is 4. The van der Waals surface area contributed by atoms with Crippen LogP contribution in [0.3, 0.4) is 0 Å². The highest BCUT2D eigenvalue weighted by Gasteiger charge is 2.26. The number of non-ortho nitro benzene ring substituents is 1. The topological polar surface area (TPSA) is 64.4 Å². The summed E-state index contributed by atoms with van der Waals surface area (Å²) in [6.07, 6.45) is 2.46. The van der Waals surface area contributed by atoms with E-state index in [2.05, 4.69) is 12.2 Å². The number of nitrogens with one attached hydrogen (secondary N) is 1. The molecule has 0 aliphatic carbocycles. The van der Waals surface area contributed by atoms with Crippen LogP contribution in [-0.2, 0) is 4.74 Å². The zero-order chi connectivity index (χ0) is 13.0. The second-order valence-corrected chi connectivity index (χ2v) is 4.55. The van der Waals surface area contributed by atoms with Crippen LogP contribution in [-0.4, -0.2) is 24.2 Å². The molecule has 2 rings (SSSR count). The van der Waals surface area contributed by atoms with E-state index in [9.17, 15) is 10.1 Å². The Morgan fingerprint density at radius 2 is 2.17 bits per heavy atom. The molecule has 1 aliphatic heterocycles. The Hall–Kier alpha value is -1.62. The minimum atomic E-state index is -0.387. The molecule has 2 atom stereocenters. The van der Waals surface area contributed by atoms with E-state index < -0.39 is 0 Å². The van der Waals surface area contributed by atoms with Crippen molar-refractivity contribution in [1.29, 1.82) is 0 Å². The number of anilines is 1. The Morgan fingerprint density at radius 3 is 2.78 bits per heavy atom. The Balaban J connectivity index is 1.88. The Bertz CT molecular complexity index is 405. The maximum Gasteiger partial charge on any atom is 0.269 e. The molecule has 1 aromatic rings. The molecule has 0 radical (unpaired) electrons. The molecule has 5 nitrogen and oxygen atoms in total. The zero-order valence-electron chi connectivity index (χ0n) is 10.5. The number of ether oxygens (including phenoxy) is 1. The number of rotatable bonds is 5. The average molecular weight is 250 g/mol. The average Bonchev–Trinajstić information content (AvgIpc) is 2.84. The smallest absolute Gasteiger partial charge is 0.269 e. The Kier molecular flexibility index (Phi) is 4.15. The lowest BCUT2D eigenvalue weighted by Crippen LogP contribution is -2.22. The van der Waals surface area contributed by atoms with Crippen molar-refractivity contribution in [3.05, 3.63) is 34.4 Å². The first-order chi connectivity index (χ1) is 8.70. The van der Waals surface area contributed by atoms with E-state index in [4.69, 9.17) is 4.74 Å². The van der Waals surface area contributed by atoms with Gasteiger partial charge in [-0.15, -0.1) is 0 Å². The van der Waals surface area contributed by atoms with E-state index in [1.165, 1.54) is 12.1 Å². The van der Waals surface area contributed by atoms with E-state index in [1.807, 2.05) is 0 Å². The summed E-state index contributed by atoms with van der Waals surface area (Å²) in [6.45, 7) is 3.83. The van der Waals surface area contributed by atoms with Gasteiger partial charge in [0.1, 0.15) is 0 Å². The number of benzene rings is 1. The van der Waals surface area contributed by atoms with Crippen LogP contribution in [0.25, 0.3) is 0 Å². The minimum absolute atomic E-state index is 0.121. The van der Waals surface area contributed by atoms with Crippen LogP contribution >= 0.6 is 0 Å². The summed E-state index contributed by atoms with van der Waals surface area (Å²) in [5.41, 5.74) is 1.04. The Morgan fingerprint density at radius 1 is 1.44 bits per heavy atom. The first-order valence-electron chi connectivity index (χ1n) is 6.30. The van der Waals surface area contributed by atoms with Gasteiger partial charge in [0.05, 0.1) is 11.0 Å². The van der Waals surface area contributed by atoms with E-state index >= 15 is 0 Å². The van der Waals surface area contributed by atoms with Gasteiger partial charge >= 0.3 is 0 Å². The maximum atomic E-state index is 10.5. The van der Waals surface area contributed by atoms with Crippen molar-refractivity contribution in [3.63, 3.8) is 0 Å². The number of hydrogen-bond donors (Lipinski definition) is 1. The van der Waals surface area contributed by atoms with Crippen LogP contribution in [0.5, 0.6) is 0 Å². The minimum Gasteiger partial charge on any atom is -0.385 e. The van der Waals surface area contributed by atoms with Gasteiger partial charge in [0.15, 0.2) is 0 Å². The monoisotopic (exact) mass is 250 g/mol. The zero-order valence-corrected chi connectivity index (χ0v) is 10.5. The molecule has 5 heteroatoms. The summed E-state index contributed by atoms with van der Waals surface area (Å²) < 4.78 is 5.62. The highest BCUT2D eigenvalue weighted by Crippen LogP contribution is 2.24. The molecule has 0 saturated carbocycles. The maximum absolute atomic E-state index is 10.5. The highest BCUT2D eigenvalue weighted by molar-refractivity contribution is 5.48. The van der Waals surface area contributed by atoms with Gasteiger partial charge in [0, 0.05) is 36.9 Å². The lowest BCUT2D eigenvalue weighted by atomic mass is 9.99. The molecule has 18 heavy (non-hydrogen) atoms. The normalized spacial score (nSPS) is 22.9. The van der Waals surface area contributed by atoms with Crippen molar-refractivity contribution in [2.75, 3.05) is 18.5 Å². The number of nitro groups is 1. The molecule has 2 unspecified atom stereocenters. The van der Waals surface area contributed by atoms with Crippen LogP contribution < -0.4 is 5.32 Å². The van der Waals surface area contributed by atoms with Gasteiger partial charge in [-0.2, -0.15) is 0 Å². The quantitative estimate of drug-likeness (QED) is 0.644. The number of nitro benzene ring substituents is 1. The van der Waals surface area contributed by atoms with Crippen molar-refractivity contribution in [1.82, 2.24) is 0 Å². The predicted octanol–water partition coefficient (Wildman–Crippen LogP) is 2.82. The predicted molar refractivity (Wildman–Crippen MR) is 69.7 cm³/mol. The third-order valence-electron chi connectivity index (χ3n) is 3.40. The van der Waals surface area contributed by atoms with Crippen molar-refractivity contribution in [2.24, 2.45) is 5.92 Å². The molecule has 0 aromatic heterocycles. The van der Waals surface area contributed by atoms with Gasteiger partial charge in [-0.25, -0.2) is 0 Å². The molecule has 1 saturated heterocycles. The van der Waals surface area contributed by atoms with Crippen LogP contribution in [0.4, 0.5) is 11.4 Å². The highest BCUT2D eigenvalue weighted by atomic mass is 16.6. The lowest BCUT2D eigenvalue weighted by Gasteiger charge is -2.17. The molecule has 1 fully saturated rings. The molecule has 1 N–H and O–H groups in total. The van der Waals surface area contributed by atoms with E-state index in [1.54, 1.807) is 12.1 Å². The van der Waals surface area contributed by atoms with Gasteiger partial charge in [0.25, 0.3) is 5.69 Å². The molecule has 0 spiro atoms. The van der Waals surface area contributed by atoms with E-state index in [0.717, 1.165) is 31.7 Å². The van der Waals surface area contributed by atoms with Gasteiger partial charge in [0.2, 0.25) is 0 Å². The van der Waals surface area contributed by atoms with Crippen LogP contribution in [0.15, 0.2) is 24.3 Å². The fourth-order valence-corrected chi connectivity index (χ4v) is 2.33. The third-order valence-corrected chi connectivity index (χ3v) is 3.40. The van der Waals surface area contributed by atoms with Crippen molar-refractivity contribution in [2.45, 2.75) is 25.9 Å². The van der Waals surface area contributed by atoms with Gasteiger partial charge < -0.3 is 10.1 Å². The first-order valence-corrected chi connectivity index (χ1v) is 6.30. The second-order valence-electron chi connectivity index (χ2n) is 4.55.